The number of anilines is 1. The van der Waals surface area contributed by atoms with Crippen molar-refractivity contribution in [3.8, 4) is 0 Å². The summed E-state index contributed by atoms with van der Waals surface area (Å²) in [4.78, 5) is 28.5. The average molecular weight is 471 g/mol. The van der Waals surface area contributed by atoms with Crippen LogP contribution in [0, 0.1) is 0 Å². The van der Waals surface area contributed by atoms with Gasteiger partial charge in [-0.15, -0.1) is 0 Å². The lowest BCUT2D eigenvalue weighted by Crippen LogP contribution is -2.49. The van der Waals surface area contributed by atoms with Crippen LogP contribution in [0.4, 0.5) is 5.69 Å². The third-order valence-electron chi connectivity index (χ3n) is 5.76. The van der Waals surface area contributed by atoms with Crippen molar-refractivity contribution in [2.75, 3.05) is 4.90 Å². The normalized spacial score (nSPS) is 20.2. The maximum absolute atomic E-state index is 13.8. The van der Waals surface area contributed by atoms with Gasteiger partial charge in [0.15, 0.2) is 17.1 Å². The maximum atomic E-state index is 13.8. The zero-order chi connectivity index (χ0) is 21.9. The van der Waals surface area contributed by atoms with Gasteiger partial charge in [-0.1, -0.05) is 71.2 Å². The van der Waals surface area contributed by atoms with Gasteiger partial charge >= 0.3 is 0 Å². The Morgan fingerprint density at radius 1 is 0.871 bits per heavy atom. The molecule has 5 rings (SSSR count). The summed E-state index contributed by atoms with van der Waals surface area (Å²) < 4.78 is 0. The lowest BCUT2D eigenvalue weighted by molar-refractivity contribution is -0.124. The minimum atomic E-state index is -1.59. The smallest absolute Gasteiger partial charge is 0.294 e. The van der Waals surface area contributed by atoms with Crippen molar-refractivity contribution in [2.24, 2.45) is 0 Å². The molecule has 2 aliphatic rings. The van der Waals surface area contributed by atoms with Crippen LogP contribution in [0.15, 0.2) is 72.5 Å². The highest BCUT2D eigenvalue weighted by atomic mass is 35.5. The topological polar surface area (TPSA) is 57.6 Å². The predicted molar refractivity (Wildman–Crippen MR) is 122 cm³/mol. The molecule has 0 saturated heterocycles. The van der Waals surface area contributed by atoms with E-state index in [4.69, 9.17) is 34.8 Å². The van der Waals surface area contributed by atoms with Gasteiger partial charge in [0.1, 0.15) is 0 Å². The van der Waals surface area contributed by atoms with Gasteiger partial charge in [-0.25, -0.2) is 0 Å². The number of carbonyl (C=O) groups excluding carboxylic acids is 2. The average Bonchev–Trinajstić information content (AvgIpc) is 3.14. The molecule has 0 bridgehead atoms. The SMILES string of the molecule is O=C1C(O)=C(c2ccccc2)C2(C(=O)Cc3cc(Cl)c(Cl)cc32)N1c1cccc(Cl)c1. The summed E-state index contributed by atoms with van der Waals surface area (Å²) in [6, 6.07) is 18.8. The molecule has 0 saturated carbocycles. The van der Waals surface area contributed by atoms with Crippen LogP contribution in [0.5, 0.6) is 0 Å². The number of Topliss-reactive ketones (excluding diaryl/α,β-unsaturated/α-hetero) is 1. The molecule has 1 N–H and O–H groups in total. The van der Waals surface area contributed by atoms with Crippen molar-refractivity contribution in [3.05, 3.63) is 104 Å². The van der Waals surface area contributed by atoms with Gasteiger partial charge in [0.25, 0.3) is 5.91 Å². The van der Waals surface area contributed by atoms with Crippen molar-refractivity contribution in [2.45, 2.75) is 12.0 Å². The molecule has 3 aromatic rings. The first-order valence-electron chi connectivity index (χ1n) is 9.46. The third kappa shape index (κ3) is 2.76. The first-order valence-corrected chi connectivity index (χ1v) is 10.6. The second-order valence-electron chi connectivity index (χ2n) is 7.44. The van der Waals surface area contributed by atoms with Crippen LogP contribution in [-0.4, -0.2) is 16.8 Å². The number of nitrogens with zero attached hydrogens (tertiary/aromatic N) is 1. The summed E-state index contributed by atoms with van der Waals surface area (Å²) in [5.41, 5.74) is 0.759. The summed E-state index contributed by atoms with van der Waals surface area (Å²) in [6.45, 7) is 0. The summed E-state index contributed by atoms with van der Waals surface area (Å²) in [5.74, 6) is -1.44. The number of halogens is 3. The molecule has 0 radical (unpaired) electrons. The Bertz CT molecular complexity index is 1300. The van der Waals surface area contributed by atoms with Crippen LogP contribution >= 0.6 is 34.8 Å². The number of aliphatic hydroxyl groups is 1. The monoisotopic (exact) mass is 469 g/mol. The van der Waals surface area contributed by atoms with E-state index in [-0.39, 0.29) is 22.8 Å². The lowest BCUT2D eigenvalue weighted by Gasteiger charge is -2.37. The van der Waals surface area contributed by atoms with Gasteiger partial charge < -0.3 is 5.11 Å². The zero-order valence-electron chi connectivity index (χ0n) is 15.9. The number of hydrogen-bond acceptors (Lipinski definition) is 3. The van der Waals surface area contributed by atoms with E-state index in [1.807, 2.05) is 6.07 Å². The molecule has 154 valence electrons. The van der Waals surface area contributed by atoms with E-state index >= 15 is 0 Å². The quantitative estimate of drug-likeness (QED) is 0.501. The maximum Gasteiger partial charge on any atom is 0.294 e. The Labute approximate surface area is 193 Å². The highest BCUT2D eigenvalue weighted by Gasteiger charge is 2.62. The molecule has 1 aliphatic carbocycles. The number of carbonyl (C=O) groups is 2. The molecule has 0 aromatic heterocycles. The predicted octanol–water partition coefficient (Wildman–Crippen LogP) is 5.98. The van der Waals surface area contributed by atoms with E-state index in [1.165, 1.54) is 4.90 Å². The highest BCUT2D eigenvalue weighted by molar-refractivity contribution is 6.42. The van der Waals surface area contributed by atoms with E-state index < -0.39 is 17.2 Å². The number of rotatable bonds is 2. The molecule has 1 atom stereocenters. The fourth-order valence-corrected chi connectivity index (χ4v) is 5.10. The summed E-state index contributed by atoms with van der Waals surface area (Å²) in [5, 5.41) is 12.0. The van der Waals surface area contributed by atoms with Crippen molar-refractivity contribution >= 4 is 57.8 Å². The molecule has 7 heteroatoms. The molecular formula is C24H14Cl3NO3. The van der Waals surface area contributed by atoms with Crippen LogP contribution in [0.25, 0.3) is 5.57 Å². The van der Waals surface area contributed by atoms with Crippen LogP contribution < -0.4 is 4.90 Å². The van der Waals surface area contributed by atoms with Gasteiger partial charge in [0.2, 0.25) is 0 Å². The Kier molecular flexibility index (Phi) is 4.63. The van der Waals surface area contributed by atoms with E-state index in [9.17, 15) is 14.7 Å². The van der Waals surface area contributed by atoms with Crippen molar-refractivity contribution < 1.29 is 14.7 Å². The largest absolute Gasteiger partial charge is 0.503 e. The molecule has 3 aromatic carbocycles. The molecule has 0 fully saturated rings. The molecule has 1 spiro atoms. The van der Waals surface area contributed by atoms with Crippen LogP contribution in [0.1, 0.15) is 16.7 Å². The Balaban J connectivity index is 1.89. The lowest BCUT2D eigenvalue weighted by atomic mass is 9.79. The number of benzene rings is 3. The summed E-state index contributed by atoms with van der Waals surface area (Å²) in [7, 11) is 0. The van der Waals surface area contributed by atoms with Gasteiger partial charge in [0.05, 0.1) is 10.0 Å². The molecule has 1 aliphatic heterocycles. The minimum Gasteiger partial charge on any atom is -0.503 e. The first-order chi connectivity index (χ1) is 14.9. The van der Waals surface area contributed by atoms with Crippen molar-refractivity contribution in [1.82, 2.24) is 0 Å². The molecular weight excluding hydrogens is 457 g/mol. The highest BCUT2D eigenvalue weighted by Crippen LogP contribution is 2.56. The zero-order valence-corrected chi connectivity index (χ0v) is 18.2. The minimum absolute atomic E-state index is 0.0418. The first kappa shape index (κ1) is 20.1. The standard InChI is InChI=1S/C24H14Cl3NO3/c25-15-7-4-8-16(11-15)28-23(31)22(30)21(13-5-2-1-3-6-13)24(28)17-12-19(27)18(26)9-14(17)10-20(24)29/h1-9,11-12,30H,10H2. The summed E-state index contributed by atoms with van der Waals surface area (Å²) >= 11 is 18.8. The Morgan fingerprint density at radius 3 is 2.29 bits per heavy atom. The van der Waals surface area contributed by atoms with Crippen molar-refractivity contribution in [3.63, 3.8) is 0 Å². The van der Waals surface area contributed by atoms with Crippen LogP contribution in [-0.2, 0) is 21.5 Å². The molecule has 4 nitrogen and oxygen atoms in total. The molecule has 1 heterocycles. The Morgan fingerprint density at radius 2 is 1.58 bits per heavy atom. The number of fused-ring (bicyclic) bond motifs is 2. The second kappa shape index (κ2) is 7.13. The van der Waals surface area contributed by atoms with E-state index in [0.717, 1.165) is 0 Å². The van der Waals surface area contributed by atoms with Crippen LogP contribution in [0.3, 0.4) is 0 Å². The fraction of sp³-hybridized carbons (Fsp3) is 0.0833. The van der Waals surface area contributed by atoms with Crippen LogP contribution in [0.2, 0.25) is 15.1 Å². The second-order valence-corrected chi connectivity index (χ2v) is 8.69. The summed E-state index contributed by atoms with van der Waals surface area (Å²) in [6.07, 6.45) is 0.0418. The van der Waals surface area contributed by atoms with Gasteiger partial charge in [-0.3, -0.25) is 14.5 Å². The number of ketones is 1. The van der Waals surface area contributed by atoms with Crippen molar-refractivity contribution in [1.29, 1.82) is 0 Å². The number of hydrogen-bond donors (Lipinski definition) is 1. The van der Waals surface area contributed by atoms with E-state index in [0.29, 0.717) is 32.4 Å². The van der Waals surface area contributed by atoms with Gasteiger partial charge in [0, 0.05) is 22.7 Å². The number of amides is 1. The Hall–Kier alpha value is -2.79. The van der Waals surface area contributed by atoms with E-state index in [2.05, 4.69) is 0 Å². The molecule has 1 unspecified atom stereocenters. The molecule has 31 heavy (non-hydrogen) atoms. The third-order valence-corrected chi connectivity index (χ3v) is 6.72. The van der Waals surface area contributed by atoms with Gasteiger partial charge in [-0.05, 0) is 47.0 Å². The fourth-order valence-electron chi connectivity index (χ4n) is 4.57. The van der Waals surface area contributed by atoms with Gasteiger partial charge in [-0.2, -0.15) is 0 Å². The molecule has 1 amide bonds. The number of aliphatic hydroxyl groups excluding tert-OH is 1. The van der Waals surface area contributed by atoms with E-state index in [1.54, 1.807) is 60.7 Å².